The van der Waals surface area contributed by atoms with Gasteiger partial charge in [0.05, 0.1) is 16.9 Å². The molecule has 10 heteroatoms. The van der Waals surface area contributed by atoms with Crippen LogP contribution in [0.2, 0.25) is 0 Å². The Morgan fingerprint density at radius 1 is 1.36 bits per heavy atom. The molecular weight excluding hydrogens is 365 g/mol. The predicted molar refractivity (Wildman–Crippen MR) is 97.6 cm³/mol. The fraction of sp³-hybridized carbons (Fsp3) is 0.333. The Morgan fingerprint density at radius 3 is 2.68 bits per heavy atom. The summed E-state index contributed by atoms with van der Waals surface area (Å²) in [7, 11) is -2.32. The van der Waals surface area contributed by atoms with Crippen molar-refractivity contribution in [3.63, 3.8) is 0 Å². The zero-order valence-electron chi connectivity index (χ0n) is 13.9. The van der Waals surface area contributed by atoms with Gasteiger partial charge >= 0.3 is 0 Å². The Bertz CT molecular complexity index is 819. The van der Waals surface area contributed by atoms with Crippen molar-refractivity contribution in [2.45, 2.75) is 17.6 Å². The molecule has 0 saturated heterocycles. The summed E-state index contributed by atoms with van der Waals surface area (Å²) in [5.41, 5.74) is 2.05. The first kappa shape index (κ1) is 19.3. The van der Waals surface area contributed by atoms with Gasteiger partial charge in [-0.3, -0.25) is 4.99 Å². The number of hydrogen-bond acceptors (Lipinski definition) is 5. The number of H-pyrrole nitrogens is 1. The maximum absolute atomic E-state index is 12.9. The van der Waals surface area contributed by atoms with E-state index >= 15 is 0 Å². The zero-order chi connectivity index (χ0) is 18.3. The van der Waals surface area contributed by atoms with Crippen LogP contribution in [0, 0.1) is 12.7 Å². The molecular formula is C15H20FN5O2S2. The highest BCUT2D eigenvalue weighted by molar-refractivity contribution is 7.98. The third-order valence-electron chi connectivity index (χ3n) is 3.29. The van der Waals surface area contributed by atoms with Crippen molar-refractivity contribution in [3.8, 4) is 0 Å². The van der Waals surface area contributed by atoms with E-state index in [-0.39, 0.29) is 10.9 Å². The van der Waals surface area contributed by atoms with Gasteiger partial charge in [-0.15, -0.1) is 0 Å². The lowest BCUT2D eigenvalue weighted by Gasteiger charge is -2.12. The first-order valence-corrected chi connectivity index (χ1v) is 10.1. The third kappa shape index (κ3) is 5.75. The van der Waals surface area contributed by atoms with E-state index in [0.717, 1.165) is 35.0 Å². The standard InChI is InChI=1S/C15H20FN5O2S2/c1-11-14(20-10-19-11)9-24-8-7-18-15(17-2)21-25(22,23)13-5-3-12(16)4-6-13/h3-6,10H,7-9H2,1-2H3,(H,19,20)(H2,17,18,21). The summed E-state index contributed by atoms with van der Waals surface area (Å²) < 4.78 is 39.7. The molecule has 7 nitrogen and oxygen atoms in total. The highest BCUT2D eigenvalue weighted by atomic mass is 32.2. The topological polar surface area (TPSA) is 99.2 Å². The average molecular weight is 385 g/mol. The van der Waals surface area contributed by atoms with E-state index < -0.39 is 15.8 Å². The van der Waals surface area contributed by atoms with Gasteiger partial charge in [0.1, 0.15) is 5.82 Å². The van der Waals surface area contributed by atoms with Crippen molar-refractivity contribution in [1.82, 2.24) is 20.0 Å². The summed E-state index contributed by atoms with van der Waals surface area (Å²) >= 11 is 1.67. The number of aryl methyl sites for hydroxylation is 1. The summed E-state index contributed by atoms with van der Waals surface area (Å²) in [6.07, 6.45) is 1.66. The lowest BCUT2D eigenvalue weighted by atomic mass is 10.4. The van der Waals surface area contributed by atoms with Crippen LogP contribution in [0.25, 0.3) is 0 Å². The van der Waals surface area contributed by atoms with Crippen molar-refractivity contribution in [3.05, 3.63) is 47.8 Å². The Balaban J connectivity index is 1.80. The molecule has 0 amide bonds. The summed E-state index contributed by atoms with van der Waals surface area (Å²) in [4.78, 5) is 11.1. The predicted octanol–water partition coefficient (Wildman–Crippen LogP) is 1.64. The second kappa shape index (κ2) is 8.86. The number of nitrogens with zero attached hydrogens (tertiary/aromatic N) is 2. The molecule has 0 atom stereocenters. The van der Waals surface area contributed by atoms with Gasteiger partial charge < -0.3 is 10.3 Å². The van der Waals surface area contributed by atoms with Crippen LogP contribution in [0.3, 0.4) is 0 Å². The van der Waals surface area contributed by atoms with Gasteiger partial charge in [-0.25, -0.2) is 22.5 Å². The van der Waals surface area contributed by atoms with Gasteiger partial charge in [0.2, 0.25) is 5.96 Å². The Morgan fingerprint density at radius 2 is 2.08 bits per heavy atom. The number of sulfonamides is 1. The van der Waals surface area contributed by atoms with E-state index in [2.05, 4.69) is 25.0 Å². The molecule has 0 radical (unpaired) electrons. The number of imidazole rings is 1. The molecule has 0 unspecified atom stereocenters. The van der Waals surface area contributed by atoms with Crippen LogP contribution in [-0.4, -0.2) is 43.7 Å². The van der Waals surface area contributed by atoms with Crippen LogP contribution >= 0.6 is 11.8 Å². The molecule has 0 fully saturated rings. The summed E-state index contributed by atoms with van der Waals surface area (Å²) in [6, 6.07) is 4.59. The number of aliphatic imine (C=N–C) groups is 1. The Kier molecular flexibility index (Phi) is 6.82. The van der Waals surface area contributed by atoms with Crippen LogP contribution < -0.4 is 10.0 Å². The quantitative estimate of drug-likeness (QED) is 0.382. The number of rotatable bonds is 7. The third-order valence-corrected chi connectivity index (χ3v) is 5.62. The molecule has 1 aromatic heterocycles. The number of nitrogens with one attached hydrogen (secondary N) is 3. The Hall–Kier alpha value is -2.07. The maximum Gasteiger partial charge on any atom is 0.264 e. The summed E-state index contributed by atoms with van der Waals surface area (Å²) in [5.74, 6) is 1.17. The minimum Gasteiger partial charge on any atom is -0.355 e. The summed E-state index contributed by atoms with van der Waals surface area (Å²) in [5, 5.41) is 2.94. The van der Waals surface area contributed by atoms with Crippen molar-refractivity contribution in [1.29, 1.82) is 0 Å². The highest BCUT2D eigenvalue weighted by Gasteiger charge is 2.16. The molecule has 0 bridgehead atoms. The van der Waals surface area contributed by atoms with Gasteiger partial charge in [0.25, 0.3) is 10.0 Å². The molecule has 0 saturated carbocycles. The highest BCUT2D eigenvalue weighted by Crippen LogP contribution is 2.12. The minimum atomic E-state index is -3.80. The molecule has 25 heavy (non-hydrogen) atoms. The number of thioether (sulfide) groups is 1. The maximum atomic E-state index is 12.9. The van der Waals surface area contributed by atoms with E-state index in [1.807, 2.05) is 6.92 Å². The monoisotopic (exact) mass is 385 g/mol. The van der Waals surface area contributed by atoms with E-state index in [1.165, 1.54) is 19.2 Å². The first-order valence-electron chi connectivity index (χ1n) is 7.48. The molecule has 0 aliphatic carbocycles. The molecule has 3 N–H and O–H groups in total. The second-order valence-electron chi connectivity index (χ2n) is 5.09. The number of benzene rings is 1. The van der Waals surface area contributed by atoms with E-state index in [0.29, 0.717) is 6.54 Å². The lowest BCUT2D eigenvalue weighted by Crippen LogP contribution is -2.41. The van der Waals surface area contributed by atoms with Crippen LogP contribution in [0.1, 0.15) is 11.4 Å². The first-order chi connectivity index (χ1) is 11.9. The minimum absolute atomic E-state index is 0.0276. The average Bonchev–Trinajstić information content (AvgIpc) is 2.99. The van der Waals surface area contributed by atoms with Crippen LogP contribution in [0.4, 0.5) is 4.39 Å². The van der Waals surface area contributed by atoms with E-state index in [4.69, 9.17) is 0 Å². The fourth-order valence-electron chi connectivity index (χ4n) is 1.90. The van der Waals surface area contributed by atoms with Gasteiger partial charge in [-0.1, -0.05) is 0 Å². The Labute approximate surface area is 150 Å². The molecule has 1 heterocycles. The SMILES string of the molecule is CN=C(NCCSCc1nc[nH]c1C)NS(=O)(=O)c1ccc(F)cc1. The largest absolute Gasteiger partial charge is 0.355 e. The van der Waals surface area contributed by atoms with Gasteiger partial charge in [0.15, 0.2) is 0 Å². The van der Waals surface area contributed by atoms with Crippen molar-refractivity contribution >= 4 is 27.7 Å². The molecule has 2 rings (SSSR count). The molecule has 0 aliphatic rings. The number of guanidine groups is 1. The second-order valence-corrected chi connectivity index (χ2v) is 7.87. The van der Waals surface area contributed by atoms with Gasteiger partial charge in [-0.2, -0.15) is 11.8 Å². The number of hydrogen-bond donors (Lipinski definition) is 3. The smallest absolute Gasteiger partial charge is 0.264 e. The lowest BCUT2D eigenvalue weighted by molar-refractivity contribution is 0.590. The van der Waals surface area contributed by atoms with Crippen molar-refractivity contribution in [2.24, 2.45) is 4.99 Å². The number of aromatic nitrogens is 2. The molecule has 0 spiro atoms. The normalized spacial score (nSPS) is 12.2. The van der Waals surface area contributed by atoms with Crippen LogP contribution in [0.5, 0.6) is 0 Å². The van der Waals surface area contributed by atoms with Gasteiger partial charge in [-0.05, 0) is 31.2 Å². The number of aromatic amines is 1. The van der Waals surface area contributed by atoms with E-state index in [9.17, 15) is 12.8 Å². The number of halogens is 1. The van der Waals surface area contributed by atoms with E-state index in [1.54, 1.807) is 18.1 Å². The van der Waals surface area contributed by atoms with Crippen LogP contribution in [0.15, 0.2) is 40.5 Å². The molecule has 1 aromatic carbocycles. The summed E-state index contributed by atoms with van der Waals surface area (Å²) in [6.45, 7) is 2.50. The fourth-order valence-corrected chi connectivity index (χ4v) is 3.81. The molecule has 136 valence electrons. The zero-order valence-corrected chi connectivity index (χ0v) is 15.5. The molecule has 2 aromatic rings. The van der Waals surface area contributed by atoms with Crippen LogP contribution in [-0.2, 0) is 15.8 Å². The van der Waals surface area contributed by atoms with Gasteiger partial charge in [0, 0.05) is 30.8 Å². The van der Waals surface area contributed by atoms with Crippen molar-refractivity contribution in [2.75, 3.05) is 19.3 Å². The molecule has 0 aliphatic heterocycles. The van der Waals surface area contributed by atoms with Crippen molar-refractivity contribution < 1.29 is 12.8 Å².